The summed E-state index contributed by atoms with van der Waals surface area (Å²) >= 11 is 0. The van der Waals surface area contributed by atoms with Crippen LogP contribution in [0.4, 0.5) is 0 Å². The molecule has 5 nitrogen and oxygen atoms in total. The van der Waals surface area contributed by atoms with Gasteiger partial charge in [-0.15, -0.1) is 14.3 Å². The lowest BCUT2D eigenvalue weighted by Gasteiger charge is -2.14. The van der Waals surface area contributed by atoms with Gasteiger partial charge in [-0.2, -0.15) is 0 Å². The number of nitrogens with one attached hydrogen (secondary N) is 1. The van der Waals surface area contributed by atoms with E-state index in [0.29, 0.717) is 12.5 Å². The molecule has 1 aromatic heterocycles. The Morgan fingerprint density at radius 3 is 2.50 bits per heavy atom. The van der Waals surface area contributed by atoms with Gasteiger partial charge in [-0.25, -0.2) is 4.68 Å². The van der Waals surface area contributed by atoms with Gasteiger partial charge in [0.1, 0.15) is 18.1 Å². The molecule has 2 aromatic carbocycles. The van der Waals surface area contributed by atoms with Gasteiger partial charge in [-0.1, -0.05) is 88.5 Å². The standard InChI is InChI=1S/C24H29N4OP.C2H6/c1-17(2)18(3)19(4)28-15-22(26-27-28)16-29-23-12-8-9-20(13-23)14-25-24(30)21-10-6-5-7-11-21;1-2/h5-13,15,17,24-25H,3-4,14,16,30H2,1-2H3;1-2H3. The molecular weight excluding hydrogens is 415 g/mol. The highest BCUT2D eigenvalue weighted by Crippen LogP contribution is 2.22. The first kappa shape index (κ1) is 25.5. The molecule has 32 heavy (non-hydrogen) atoms. The molecule has 0 radical (unpaired) electrons. The molecule has 3 aromatic rings. The fourth-order valence-electron chi connectivity index (χ4n) is 2.89. The molecule has 2 unspecified atom stereocenters. The average molecular weight is 451 g/mol. The topological polar surface area (TPSA) is 52.0 Å². The van der Waals surface area contributed by atoms with Gasteiger partial charge < -0.3 is 10.1 Å². The van der Waals surface area contributed by atoms with E-state index in [1.54, 1.807) is 4.68 Å². The first-order chi connectivity index (χ1) is 15.4. The number of rotatable bonds is 10. The van der Waals surface area contributed by atoms with Crippen LogP contribution in [0.5, 0.6) is 5.75 Å². The van der Waals surface area contributed by atoms with Crippen LogP contribution in [0.15, 0.2) is 79.5 Å². The molecular formula is C26H35N4OP. The number of benzene rings is 2. The smallest absolute Gasteiger partial charge is 0.134 e. The summed E-state index contributed by atoms with van der Waals surface area (Å²) in [5.41, 5.74) is 4.82. The third kappa shape index (κ3) is 7.44. The molecule has 0 bridgehead atoms. The van der Waals surface area contributed by atoms with Crippen LogP contribution in [0, 0.1) is 5.92 Å². The fourth-order valence-corrected chi connectivity index (χ4v) is 3.23. The van der Waals surface area contributed by atoms with Crippen molar-refractivity contribution >= 4 is 14.9 Å². The Morgan fingerprint density at radius 2 is 1.81 bits per heavy atom. The van der Waals surface area contributed by atoms with Crippen LogP contribution in [-0.2, 0) is 13.2 Å². The van der Waals surface area contributed by atoms with Gasteiger partial charge in [-0.05, 0) is 34.8 Å². The second-order valence-electron chi connectivity index (χ2n) is 7.49. The molecule has 0 aliphatic carbocycles. The van der Waals surface area contributed by atoms with E-state index >= 15 is 0 Å². The maximum absolute atomic E-state index is 5.92. The average Bonchev–Trinajstić information content (AvgIpc) is 3.31. The minimum absolute atomic E-state index is 0.194. The van der Waals surface area contributed by atoms with E-state index in [9.17, 15) is 0 Å². The summed E-state index contributed by atoms with van der Waals surface area (Å²) in [6.45, 7) is 17.4. The van der Waals surface area contributed by atoms with Crippen LogP contribution in [0.1, 0.15) is 50.3 Å². The first-order valence-electron chi connectivity index (χ1n) is 11.0. The number of aromatic nitrogens is 3. The van der Waals surface area contributed by atoms with Gasteiger partial charge in [-0.3, -0.25) is 0 Å². The molecule has 3 rings (SSSR count). The van der Waals surface area contributed by atoms with Crippen LogP contribution >= 0.6 is 9.24 Å². The largest absolute Gasteiger partial charge is 0.487 e. The summed E-state index contributed by atoms with van der Waals surface area (Å²) < 4.78 is 7.58. The third-order valence-corrected chi connectivity index (χ3v) is 5.48. The molecule has 170 valence electrons. The van der Waals surface area contributed by atoms with E-state index in [1.807, 2.05) is 56.4 Å². The summed E-state index contributed by atoms with van der Waals surface area (Å²) in [6, 6.07) is 18.4. The van der Waals surface area contributed by atoms with Gasteiger partial charge >= 0.3 is 0 Å². The first-order valence-corrected chi connectivity index (χ1v) is 11.7. The van der Waals surface area contributed by atoms with Gasteiger partial charge in [0.05, 0.1) is 11.9 Å². The summed E-state index contributed by atoms with van der Waals surface area (Å²) in [5, 5.41) is 11.8. The quantitative estimate of drug-likeness (QED) is 0.294. The summed E-state index contributed by atoms with van der Waals surface area (Å²) in [6.07, 6.45) is 1.83. The Balaban J connectivity index is 0.00000176. The van der Waals surface area contributed by atoms with E-state index in [-0.39, 0.29) is 5.78 Å². The van der Waals surface area contributed by atoms with Crippen molar-refractivity contribution < 1.29 is 4.74 Å². The minimum Gasteiger partial charge on any atom is -0.487 e. The second kappa shape index (κ2) is 12.9. The van der Waals surface area contributed by atoms with Gasteiger partial charge in [0.2, 0.25) is 0 Å². The molecule has 0 aliphatic rings. The molecule has 0 aliphatic heterocycles. The molecule has 0 amide bonds. The van der Waals surface area contributed by atoms with Crippen molar-refractivity contribution in [2.75, 3.05) is 0 Å². The minimum atomic E-state index is 0.194. The highest BCUT2D eigenvalue weighted by molar-refractivity contribution is 7.17. The lowest BCUT2D eigenvalue weighted by atomic mass is 10.0. The summed E-state index contributed by atoms with van der Waals surface area (Å²) in [5.74, 6) is 1.30. The zero-order valence-electron chi connectivity index (χ0n) is 19.6. The van der Waals surface area contributed by atoms with E-state index in [1.165, 1.54) is 5.56 Å². The SMILES string of the molecule is C=C(C(=C)n1cc(COc2cccc(CNC(P)c3ccccc3)c2)nn1)C(C)C.CC. The Bertz CT molecular complexity index is 998. The van der Waals surface area contributed by atoms with Crippen molar-refractivity contribution in [2.24, 2.45) is 5.92 Å². The van der Waals surface area contributed by atoms with Crippen LogP contribution in [0.3, 0.4) is 0 Å². The Labute approximate surface area is 194 Å². The monoisotopic (exact) mass is 450 g/mol. The van der Waals surface area contributed by atoms with Crippen LogP contribution in [-0.4, -0.2) is 15.0 Å². The fraction of sp³-hybridized carbons (Fsp3) is 0.308. The van der Waals surface area contributed by atoms with Crippen molar-refractivity contribution in [1.29, 1.82) is 0 Å². The zero-order valence-corrected chi connectivity index (χ0v) is 20.7. The molecule has 2 atom stereocenters. The van der Waals surface area contributed by atoms with Crippen LogP contribution < -0.4 is 10.1 Å². The second-order valence-corrected chi connectivity index (χ2v) is 8.15. The summed E-state index contributed by atoms with van der Waals surface area (Å²) in [7, 11) is 2.84. The predicted octanol–water partition coefficient (Wildman–Crippen LogP) is 6.23. The highest BCUT2D eigenvalue weighted by atomic mass is 31.0. The lowest BCUT2D eigenvalue weighted by molar-refractivity contribution is 0.301. The molecule has 1 heterocycles. The summed E-state index contributed by atoms with van der Waals surface area (Å²) in [4.78, 5) is 0. The third-order valence-electron chi connectivity index (χ3n) is 4.85. The van der Waals surface area contributed by atoms with Crippen molar-refractivity contribution in [3.05, 3.63) is 96.3 Å². The molecule has 0 spiro atoms. The van der Waals surface area contributed by atoms with Gasteiger partial charge in [0, 0.05) is 12.3 Å². The Morgan fingerprint density at radius 1 is 1.09 bits per heavy atom. The van der Waals surface area contributed by atoms with E-state index < -0.39 is 0 Å². The molecule has 0 fully saturated rings. The maximum atomic E-state index is 5.92. The van der Waals surface area contributed by atoms with Crippen molar-refractivity contribution in [1.82, 2.24) is 20.3 Å². The normalized spacial score (nSPS) is 11.4. The molecule has 1 N–H and O–H groups in total. The number of allylic oxidation sites excluding steroid dienone is 2. The maximum Gasteiger partial charge on any atom is 0.134 e. The van der Waals surface area contributed by atoms with Crippen LogP contribution in [0.2, 0.25) is 0 Å². The highest BCUT2D eigenvalue weighted by Gasteiger charge is 2.10. The van der Waals surface area contributed by atoms with E-state index in [4.69, 9.17) is 4.74 Å². The number of ether oxygens (including phenoxy) is 1. The van der Waals surface area contributed by atoms with Crippen molar-refractivity contribution in [2.45, 2.75) is 46.6 Å². The number of hydrogen-bond acceptors (Lipinski definition) is 4. The van der Waals surface area contributed by atoms with Crippen LogP contribution in [0.25, 0.3) is 5.70 Å². The van der Waals surface area contributed by atoms with E-state index in [0.717, 1.165) is 34.8 Å². The van der Waals surface area contributed by atoms with Crippen molar-refractivity contribution in [3.8, 4) is 5.75 Å². The number of hydrogen-bond donors (Lipinski definition) is 1. The molecule has 0 saturated heterocycles. The number of nitrogens with zero attached hydrogens (tertiary/aromatic N) is 3. The molecule has 6 heteroatoms. The Kier molecular flexibility index (Phi) is 10.3. The lowest BCUT2D eigenvalue weighted by Crippen LogP contribution is -2.15. The van der Waals surface area contributed by atoms with Gasteiger partial charge in [0.15, 0.2) is 0 Å². The van der Waals surface area contributed by atoms with Crippen molar-refractivity contribution in [3.63, 3.8) is 0 Å². The zero-order chi connectivity index (χ0) is 23.5. The van der Waals surface area contributed by atoms with Gasteiger partial charge in [0.25, 0.3) is 0 Å². The Hall–Kier alpha value is -2.75. The molecule has 0 saturated carbocycles. The van der Waals surface area contributed by atoms with E-state index in [2.05, 4.69) is 70.1 Å². The predicted molar refractivity (Wildman–Crippen MR) is 137 cm³/mol.